The highest BCUT2D eigenvalue weighted by Crippen LogP contribution is 2.27. The Kier molecular flexibility index (Phi) is 2.46. The third-order valence-corrected chi connectivity index (χ3v) is 3.85. The summed E-state index contributed by atoms with van der Waals surface area (Å²) in [5.41, 5.74) is 8.95. The van der Waals surface area contributed by atoms with Crippen molar-refractivity contribution in [3.63, 3.8) is 0 Å². The summed E-state index contributed by atoms with van der Waals surface area (Å²) in [5.74, 6) is 0.926. The molecule has 0 unspecified atom stereocenters. The van der Waals surface area contributed by atoms with Crippen molar-refractivity contribution in [1.82, 2.24) is 9.97 Å². The van der Waals surface area contributed by atoms with Gasteiger partial charge in [0, 0.05) is 11.4 Å². The van der Waals surface area contributed by atoms with Gasteiger partial charge in [0.15, 0.2) is 0 Å². The molecule has 0 amide bonds. The van der Waals surface area contributed by atoms with Gasteiger partial charge in [-0.25, -0.2) is 4.98 Å². The molecule has 3 aromatic rings. The van der Waals surface area contributed by atoms with E-state index in [-0.39, 0.29) is 0 Å². The molecule has 0 saturated carbocycles. The number of hydrogen-bond donors (Lipinski definition) is 2. The molecule has 0 saturated heterocycles. The summed E-state index contributed by atoms with van der Waals surface area (Å²) >= 11 is 1.69. The number of H-pyrrole nitrogens is 1. The van der Waals surface area contributed by atoms with E-state index in [2.05, 4.69) is 41.2 Å². The van der Waals surface area contributed by atoms with Crippen molar-refractivity contribution in [2.45, 2.75) is 13.5 Å². The first-order chi connectivity index (χ1) is 8.26. The number of benzene rings is 1. The number of aryl methyl sites for hydroxylation is 1. The second kappa shape index (κ2) is 3.98. The zero-order valence-electron chi connectivity index (χ0n) is 9.53. The average molecular weight is 243 g/mol. The van der Waals surface area contributed by atoms with E-state index >= 15 is 0 Å². The molecule has 0 bridgehead atoms. The molecule has 3 rings (SSSR count). The number of fused-ring (bicyclic) bond motifs is 1. The predicted molar refractivity (Wildman–Crippen MR) is 72.0 cm³/mol. The normalized spacial score (nSPS) is 11.2. The van der Waals surface area contributed by atoms with Crippen LogP contribution in [0.5, 0.6) is 0 Å². The molecule has 3 nitrogen and oxygen atoms in total. The minimum Gasteiger partial charge on any atom is -0.337 e. The van der Waals surface area contributed by atoms with E-state index in [0.29, 0.717) is 6.54 Å². The van der Waals surface area contributed by atoms with E-state index in [1.165, 1.54) is 10.4 Å². The van der Waals surface area contributed by atoms with Crippen molar-refractivity contribution in [2.75, 3.05) is 0 Å². The van der Waals surface area contributed by atoms with E-state index < -0.39 is 0 Å². The molecule has 4 heteroatoms. The van der Waals surface area contributed by atoms with Gasteiger partial charge in [0.05, 0.1) is 15.9 Å². The molecule has 17 heavy (non-hydrogen) atoms. The number of imidazole rings is 1. The van der Waals surface area contributed by atoms with Crippen LogP contribution in [-0.4, -0.2) is 9.97 Å². The van der Waals surface area contributed by atoms with Crippen molar-refractivity contribution < 1.29 is 0 Å². The number of hydrogen-bond acceptors (Lipinski definition) is 3. The number of nitrogens with zero attached hydrogens (tertiary/aromatic N) is 1. The third kappa shape index (κ3) is 1.85. The number of rotatable bonds is 2. The van der Waals surface area contributed by atoms with E-state index in [9.17, 15) is 0 Å². The van der Waals surface area contributed by atoms with Crippen LogP contribution in [0, 0.1) is 6.92 Å². The quantitative estimate of drug-likeness (QED) is 0.726. The molecule has 1 aromatic carbocycles. The number of nitrogens with one attached hydrogen (secondary N) is 1. The molecular weight excluding hydrogens is 230 g/mol. The van der Waals surface area contributed by atoms with Gasteiger partial charge in [-0.2, -0.15) is 0 Å². The highest BCUT2D eigenvalue weighted by Gasteiger charge is 2.07. The second-order valence-corrected chi connectivity index (χ2v) is 5.24. The van der Waals surface area contributed by atoms with E-state index in [4.69, 9.17) is 5.73 Å². The van der Waals surface area contributed by atoms with Gasteiger partial charge in [0.1, 0.15) is 5.82 Å². The maximum Gasteiger partial charge on any atom is 0.148 e. The minimum absolute atomic E-state index is 0.587. The first-order valence-electron chi connectivity index (χ1n) is 5.52. The first kappa shape index (κ1) is 10.5. The molecule has 0 aliphatic rings. The predicted octanol–water partition coefficient (Wildman–Crippen LogP) is 3.06. The monoisotopic (exact) mass is 243 g/mol. The molecule has 0 aliphatic carbocycles. The van der Waals surface area contributed by atoms with Crippen LogP contribution in [0.2, 0.25) is 0 Å². The van der Waals surface area contributed by atoms with E-state index in [1.807, 2.05) is 6.07 Å². The van der Waals surface area contributed by atoms with E-state index in [0.717, 1.165) is 21.7 Å². The number of nitrogens with two attached hydrogens (primary N) is 1. The SMILES string of the molecule is Cc1ccc2nc(-c3ccc(CN)s3)[nH]c2c1. The maximum atomic E-state index is 5.62. The smallest absolute Gasteiger partial charge is 0.148 e. The van der Waals surface area contributed by atoms with Crippen LogP contribution in [0.3, 0.4) is 0 Å². The molecule has 0 atom stereocenters. The van der Waals surface area contributed by atoms with Gasteiger partial charge >= 0.3 is 0 Å². The molecule has 0 fully saturated rings. The fourth-order valence-corrected chi connectivity index (χ4v) is 2.69. The maximum absolute atomic E-state index is 5.62. The van der Waals surface area contributed by atoms with Crippen LogP contribution in [0.4, 0.5) is 0 Å². The Morgan fingerprint density at radius 2 is 2.18 bits per heavy atom. The largest absolute Gasteiger partial charge is 0.337 e. The van der Waals surface area contributed by atoms with Crippen LogP contribution in [0.15, 0.2) is 30.3 Å². The lowest BCUT2D eigenvalue weighted by atomic mass is 10.2. The zero-order chi connectivity index (χ0) is 11.8. The fraction of sp³-hybridized carbons (Fsp3) is 0.154. The Bertz CT molecular complexity index is 666. The Hall–Kier alpha value is -1.65. The van der Waals surface area contributed by atoms with Crippen molar-refractivity contribution >= 4 is 22.4 Å². The van der Waals surface area contributed by atoms with Gasteiger partial charge in [-0.05, 0) is 36.8 Å². The topological polar surface area (TPSA) is 54.7 Å². The van der Waals surface area contributed by atoms with Gasteiger partial charge in [-0.3, -0.25) is 0 Å². The summed E-state index contributed by atoms with van der Waals surface area (Å²) in [4.78, 5) is 10.3. The second-order valence-electron chi connectivity index (χ2n) is 4.08. The average Bonchev–Trinajstić information content (AvgIpc) is 2.93. The number of thiophene rings is 1. The number of aromatic nitrogens is 2. The van der Waals surface area contributed by atoms with Crippen LogP contribution < -0.4 is 5.73 Å². The summed E-state index contributed by atoms with van der Waals surface area (Å²) in [6.45, 7) is 2.67. The van der Waals surface area contributed by atoms with Gasteiger partial charge < -0.3 is 10.7 Å². The van der Waals surface area contributed by atoms with Gasteiger partial charge in [0.2, 0.25) is 0 Å². The summed E-state index contributed by atoms with van der Waals surface area (Å²) in [6.07, 6.45) is 0. The first-order valence-corrected chi connectivity index (χ1v) is 6.33. The zero-order valence-corrected chi connectivity index (χ0v) is 10.3. The summed E-state index contributed by atoms with van der Waals surface area (Å²) < 4.78 is 0. The minimum atomic E-state index is 0.587. The van der Waals surface area contributed by atoms with Crippen molar-refractivity contribution in [3.05, 3.63) is 40.8 Å². The van der Waals surface area contributed by atoms with Crippen LogP contribution in [0.1, 0.15) is 10.4 Å². The molecule has 86 valence electrons. The van der Waals surface area contributed by atoms with Crippen molar-refractivity contribution in [1.29, 1.82) is 0 Å². The van der Waals surface area contributed by atoms with Crippen molar-refractivity contribution in [2.24, 2.45) is 5.73 Å². The summed E-state index contributed by atoms with van der Waals surface area (Å²) in [6, 6.07) is 10.4. The van der Waals surface area contributed by atoms with E-state index in [1.54, 1.807) is 11.3 Å². The molecule has 0 radical (unpaired) electrons. The molecule has 3 N–H and O–H groups in total. The third-order valence-electron chi connectivity index (χ3n) is 2.73. The standard InChI is InChI=1S/C13H13N3S/c1-8-2-4-10-11(6-8)16-13(15-10)12-5-3-9(7-14)17-12/h2-6H,7,14H2,1H3,(H,15,16). The summed E-state index contributed by atoms with van der Waals surface area (Å²) in [7, 11) is 0. The fourth-order valence-electron chi connectivity index (χ4n) is 1.86. The molecular formula is C13H13N3S. The molecule has 0 aliphatic heterocycles. The Morgan fingerprint density at radius 3 is 2.94 bits per heavy atom. The molecule has 2 aromatic heterocycles. The Balaban J connectivity index is 2.11. The van der Waals surface area contributed by atoms with Crippen LogP contribution in [0.25, 0.3) is 21.7 Å². The van der Waals surface area contributed by atoms with Crippen LogP contribution >= 0.6 is 11.3 Å². The molecule has 2 heterocycles. The lowest BCUT2D eigenvalue weighted by Crippen LogP contribution is -1.91. The van der Waals surface area contributed by atoms with Gasteiger partial charge in [-0.15, -0.1) is 11.3 Å². The lowest BCUT2D eigenvalue weighted by Gasteiger charge is -1.89. The lowest BCUT2D eigenvalue weighted by molar-refractivity contribution is 1.11. The highest BCUT2D eigenvalue weighted by molar-refractivity contribution is 7.15. The Labute approximate surface area is 103 Å². The number of aromatic amines is 1. The van der Waals surface area contributed by atoms with Crippen LogP contribution in [-0.2, 0) is 6.54 Å². The van der Waals surface area contributed by atoms with Crippen molar-refractivity contribution in [3.8, 4) is 10.7 Å². The highest BCUT2D eigenvalue weighted by atomic mass is 32.1. The summed E-state index contributed by atoms with van der Waals surface area (Å²) in [5, 5.41) is 0. The van der Waals surface area contributed by atoms with Gasteiger partial charge in [0.25, 0.3) is 0 Å². The van der Waals surface area contributed by atoms with Gasteiger partial charge in [-0.1, -0.05) is 6.07 Å². The Morgan fingerprint density at radius 1 is 1.29 bits per heavy atom. The molecule has 0 spiro atoms.